The number of likely N-dealkylation sites (tertiary alicyclic amines) is 1. The number of aliphatic imine (C=N–C) groups is 1. The van der Waals surface area contributed by atoms with Gasteiger partial charge in [-0.25, -0.2) is 0 Å². The number of ether oxygens (including phenoxy) is 1. The van der Waals surface area contributed by atoms with Gasteiger partial charge in [0.05, 0.1) is 6.61 Å². The Kier molecular flexibility index (Phi) is 6.77. The largest absolute Gasteiger partial charge is 0.381 e. The van der Waals surface area contributed by atoms with E-state index < -0.39 is 0 Å². The molecule has 2 atom stereocenters. The van der Waals surface area contributed by atoms with E-state index in [1.807, 2.05) is 7.05 Å². The van der Waals surface area contributed by atoms with Gasteiger partial charge in [-0.3, -0.25) is 4.99 Å². The molecular formula is C16H32N4O. The summed E-state index contributed by atoms with van der Waals surface area (Å²) < 4.78 is 5.45. The van der Waals surface area contributed by atoms with Crippen molar-refractivity contribution in [2.24, 2.45) is 16.8 Å². The van der Waals surface area contributed by atoms with Crippen LogP contribution < -0.4 is 5.32 Å². The molecule has 0 saturated carbocycles. The normalized spacial score (nSPS) is 27.9. The van der Waals surface area contributed by atoms with Gasteiger partial charge < -0.3 is 19.9 Å². The third-order valence-electron chi connectivity index (χ3n) is 4.58. The first-order valence-electron chi connectivity index (χ1n) is 8.41. The minimum atomic E-state index is 0.650. The number of hydrogen-bond donors (Lipinski definition) is 1. The second-order valence-corrected chi connectivity index (χ2v) is 6.63. The van der Waals surface area contributed by atoms with Crippen LogP contribution in [0.3, 0.4) is 0 Å². The first kappa shape index (κ1) is 16.6. The molecule has 122 valence electrons. The number of piperidine rings is 1. The number of guanidine groups is 1. The van der Waals surface area contributed by atoms with E-state index in [1.54, 1.807) is 0 Å². The van der Waals surface area contributed by atoms with E-state index in [4.69, 9.17) is 4.74 Å². The van der Waals surface area contributed by atoms with E-state index >= 15 is 0 Å². The SMILES string of the molecule is CN=C(NCCN1CCCC(C)C1)N(C)CC1CCOC1. The van der Waals surface area contributed by atoms with Crippen LogP contribution in [0.15, 0.2) is 4.99 Å². The molecule has 0 aromatic carbocycles. The number of nitrogens with zero attached hydrogens (tertiary/aromatic N) is 3. The van der Waals surface area contributed by atoms with Crippen LogP contribution >= 0.6 is 0 Å². The van der Waals surface area contributed by atoms with Gasteiger partial charge in [-0.1, -0.05) is 6.92 Å². The molecule has 0 spiro atoms. The predicted octanol–water partition coefficient (Wildman–Crippen LogP) is 1.26. The number of hydrogen-bond acceptors (Lipinski definition) is 3. The quantitative estimate of drug-likeness (QED) is 0.612. The zero-order valence-electron chi connectivity index (χ0n) is 14.0. The second-order valence-electron chi connectivity index (χ2n) is 6.63. The second kappa shape index (κ2) is 8.59. The van der Waals surface area contributed by atoms with Crippen molar-refractivity contribution < 1.29 is 4.74 Å². The minimum Gasteiger partial charge on any atom is -0.381 e. The van der Waals surface area contributed by atoms with E-state index in [1.165, 1.54) is 32.4 Å². The van der Waals surface area contributed by atoms with Crippen LogP contribution in [0, 0.1) is 11.8 Å². The highest BCUT2D eigenvalue weighted by Crippen LogP contribution is 2.15. The Bertz CT molecular complexity index is 328. The average Bonchev–Trinajstić information content (AvgIpc) is 2.96. The van der Waals surface area contributed by atoms with Crippen molar-refractivity contribution >= 4 is 5.96 Å². The zero-order valence-corrected chi connectivity index (χ0v) is 14.0. The van der Waals surface area contributed by atoms with Gasteiger partial charge in [0.2, 0.25) is 0 Å². The maximum absolute atomic E-state index is 5.45. The molecule has 0 amide bonds. The lowest BCUT2D eigenvalue weighted by Crippen LogP contribution is -2.45. The van der Waals surface area contributed by atoms with Crippen molar-refractivity contribution in [1.82, 2.24) is 15.1 Å². The van der Waals surface area contributed by atoms with Crippen molar-refractivity contribution in [1.29, 1.82) is 0 Å². The van der Waals surface area contributed by atoms with Gasteiger partial charge in [-0.15, -0.1) is 0 Å². The number of rotatable bonds is 5. The third-order valence-corrected chi connectivity index (χ3v) is 4.58. The van der Waals surface area contributed by atoms with E-state index in [-0.39, 0.29) is 0 Å². The van der Waals surface area contributed by atoms with Crippen LogP contribution in [0.4, 0.5) is 0 Å². The molecule has 0 aliphatic carbocycles. The maximum Gasteiger partial charge on any atom is 0.193 e. The first-order chi connectivity index (χ1) is 10.2. The fraction of sp³-hybridized carbons (Fsp3) is 0.938. The van der Waals surface area contributed by atoms with Crippen molar-refractivity contribution in [3.8, 4) is 0 Å². The summed E-state index contributed by atoms with van der Waals surface area (Å²) in [6.07, 6.45) is 3.91. The van der Waals surface area contributed by atoms with Crippen molar-refractivity contribution in [3.05, 3.63) is 0 Å². The fourth-order valence-electron chi connectivity index (χ4n) is 3.40. The Hall–Kier alpha value is -0.810. The lowest BCUT2D eigenvalue weighted by atomic mass is 10.0. The lowest BCUT2D eigenvalue weighted by molar-refractivity contribution is 0.180. The van der Waals surface area contributed by atoms with Crippen molar-refractivity contribution in [3.63, 3.8) is 0 Å². The minimum absolute atomic E-state index is 0.650. The van der Waals surface area contributed by atoms with Crippen LogP contribution in [0.25, 0.3) is 0 Å². The number of nitrogens with one attached hydrogen (secondary N) is 1. The van der Waals surface area contributed by atoms with E-state index in [0.29, 0.717) is 5.92 Å². The highest BCUT2D eigenvalue weighted by Gasteiger charge is 2.19. The summed E-state index contributed by atoms with van der Waals surface area (Å²) in [6, 6.07) is 0. The molecule has 2 unspecified atom stereocenters. The van der Waals surface area contributed by atoms with Crippen LogP contribution in [0.5, 0.6) is 0 Å². The van der Waals surface area contributed by atoms with Gasteiger partial charge in [0.1, 0.15) is 0 Å². The summed E-state index contributed by atoms with van der Waals surface area (Å²) >= 11 is 0. The molecule has 2 aliphatic rings. The van der Waals surface area contributed by atoms with Crippen LogP contribution in [0.2, 0.25) is 0 Å². The Morgan fingerprint density at radius 1 is 1.43 bits per heavy atom. The Labute approximate surface area is 129 Å². The van der Waals surface area contributed by atoms with Crippen molar-refractivity contribution in [2.45, 2.75) is 26.2 Å². The van der Waals surface area contributed by atoms with E-state index in [2.05, 4.69) is 34.1 Å². The fourth-order valence-corrected chi connectivity index (χ4v) is 3.40. The summed E-state index contributed by atoms with van der Waals surface area (Å²) in [5, 5.41) is 3.50. The highest BCUT2D eigenvalue weighted by atomic mass is 16.5. The van der Waals surface area contributed by atoms with Gasteiger partial charge in [-0.2, -0.15) is 0 Å². The monoisotopic (exact) mass is 296 g/mol. The summed E-state index contributed by atoms with van der Waals surface area (Å²) in [4.78, 5) is 9.20. The van der Waals surface area contributed by atoms with Crippen LogP contribution in [-0.4, -0.2) is 75.8 Å². The molecule has 2 saturated heterocycles. The molecule has 5 nitrogen and oxygen atoms in total. The van der Waals surface area contributed by atoms with Gasteiger partial charge in [0, 0.05) is 52.8 Å². The molecule has 0 radical (unpaired) electrons. The molecule has 2 fully saturated rings. The maximum atomic E-state index is 5.45. The molecule has 2 rings (SSSR count). The van der Waals surface area contributed by atoms with Gasteiger partial charge in [0.15, 0.2) is 5.96 Å². The van der Waals surface area contributed by atoms with E-state index in [9.17, 15) is 0 Å². The molecular weight excluding hydrogens is 264 g/mol. The Morgan fingerprint density at radius 3 is 2.95 bits per heavy atom. The molecule has 0 bridgehead atoms. The van der Waals surface area contributed by atoms with Gasteiger partial charge >= 0.3 is 0 Å². The first-order valence-corrected chi connectivity index (χ1v) is 8.41. The highest BCUT2D eigenvalue weighted by molar-refractivity contribution is 5.79. The third kappa shape index (κ3) is 5.47. The topological polar surface area (TPSA) is 40.1 Å². The predicted molar refractivity (Wildman–Crippen MR) is 87.8 cm³/mol. The summed E-state index contributed by atoms with van der Waals surface area (Å²) in [7, 11) is 3.99. The molecule has 0 aromatic rings. The summed E-state index contributed by atoms with van der Waals surface area (Å²) in [6.45, 7) is 9.78. The lowest BCUT2D eigenvalue weighted by Gasteiger charge is -2.31. The zero-order chi connectivity index (χ0) is 15.1. The molecule has 2 aliphatic heterocycles. The summed E-state index contributed by atoms with van der Waals surface area (Å²) in [5.74, 6) is 2.51. The summed E-state index contributed by atoms with van der Waals surface area (Å²) in [5.41, 5.74) is 0. The molecule has 1 N–H and O–H groups in total. The Balaban J connectivity index is 1.66. The smallest absolute Gasteiger partial charge is 0.193 e. The van der Waals surface area contributed by atoms with Gasteiger partial charge in [-0.05, 0) is 31.7 Å². The van der Waals surface area contributed by atoms with Gasteiger partial charge in [0.25, 0.3) is 0 Å². The van der Waals surface area contributed by atoms with Crippen LogP contribution in [-0.2, 0) is 4.74 Å². The average molecular weight is 296 g/mol. The molecule has 0 aromatic heterocycles. The van der Waals surface area contributed by atoms with Crippen molar-refractivity contribution in [2.75, 3.05) is 60.0 Å². The molecule has 2 heterocycles. The van der Waals surface area contributed by atoms with Crippen LogP contribution in [0.1, 0.15) is 26.2 Å². The standard InChI is InChI=1S/C16H32N4O/c1-14-5-4-8-20(11-14)9-7-18-16(17-2)19(3)12-15-6-10-21-13-15/h14-15H,4-13H2,1-3H3,(H,17,18). The van der Waals surface area contributed by atoms with E-state index in [0.717, 1.165) is 44.7 Å². The molecule has 5 heteroatoms. The molecule has 21 heavy (non-hydrogen) atoms. The Morgan fingerprint density at radius 2 is 2.29 bits per heavy atom.